The number of nitrogens with one attached hydrogen (secondary N) is 1. The fourth-order valence-electron chi connectivity index (χ4n) is 1.52. The SMILES string of the molecule is CN(C)CC(O)CNCc1ccc(F)c(F)c1. The monoisotopic (exact) mass is 244 g/mol. The Bertz CT molecular complexity index is 358. The molecule has 0 amide bonds. The lowest BCUT2D eigenvalue weighted by atomic mass is 10.2. The Morgan fingerprint density at radius 1 is 1.29 bits per heavy atom. The molecule has 0 bridgehead atoms. The van der Waals surface area contributed by atoms with Crippen LogP contribution in [-0.2, 0) is 6.54 Å². The number of hydrogen-bond donors (Lipinski definition) is 2. The molecule has 0 saturated heterocycles. The van der Waals surface area contributed by atoms with E-state index in [1.54, 1.807) is 0 Å². The van der Waals surface area contributed by atoms with Crippen molar-refractivity contribution in [1.29, 1.82) is 0 Å². The van der Waals surface area contributed by atoms with Crippen LogP contribution in [0.5, 0.6) is 0 Å². The van der Waals surface area contributed by atoms with E-state index in [4.69, 9.17) is 0 Å². The van der Waals surface area contributed by atoms with Crippen molar-refractivity contribution >= 4 is 0 Å². The van der Waals surface area contributed by atoms with Gasteiger partial charge in [-0.1, -0.05) is 6.07 Å². The standard InChI is InChI=1S/C12H18F2N2O/c1-16(2)8-10(17)7-15-6-9-3-4-11(13)12(14)5-9/h3-5,10,15,17H,6-8H2,1-2H3. The smallest absolute Gasteiger partial charge is 0.159 e. The van der Waals surface area contributed by atoms with Gasteiger partial charge in [0.15, 0.2) is 11.6 Å². The minimum atomic E-state index is -0.849. The van der Waals surface area contributed by atoms with Gasteiger partial charge < -0.3 is 15.3 Å². The first-order valence-corrected chi connectivity index (χ1v) is 5.46. The summed E-state index contributed by atoms with van der Waals surface area (Å²) >= 11 is 0. The van der Waals surface area contributed by atoms with Crippen LogP contribution < -0.4 is 5.32 Å². The molecule has 0 fully saturated rings. The molecular formula is C12H18F2N2O. The molecule has 0 aromatic heterocycles. The highest BCUT2D eigenvalue weighted by Gasteiger charge is 2.06. The molecule has 0 radical (unpaired) electrons. The first kappa shape index (κ1) is 14.0. The average molecular weight is 244 g/mol. The van der Waals surface area contributed by atoms with Gasteiger partial charge in [0.25, 0.3) is 0 Å². The Labute approximate surface area is 100 Å². The number of aliphatic hydroxyl groups is 1. The number of nitrogens with zero attached hydrogens (tertiary/aromatic N) is 1. The fraction of sp³-hybridized carbons (Fsp3) is 0.500. The van der Waals surface area contributed by atoms with Gasteiger partial charge in [0.1, 0.15) is 0 Å². The maximum atomic E-state index is 12.9. The summed E-state index contributed by atoms with van der Waals surface area (Å²) in [6, 6.07) is 3.77. The molecule has 17 heavy (non-hydrogen) atoms. The third kappa shape index (κ3) is 5.21. The van der Waals surface area contributed by atoms with Crippen LogP contribution >= 0.6 is 0 Å². The van der Waals surface area contributed by atoms with Gasteiger partial charge in [-0.2, -0.15) is 0 Å². The predicted octanol–water partition coefficient (Wildman–Crippen LogP) is 0.977. The summed E-state index contributed by atoms with van der Waals surface area (Å²) in [5, 5.41) is 12.5. The second kappa shape index (κ2) is 6.64. The first-order chi connectivity index (χ1) is 7.99. The zero-order valence-electron chi connectivity index (χ0n) is 10.1. The summed E-state index contributed by atoms with van der Waals surface area (Å²) in [5.41, 5.74) is 0.654. The topological polar surface area (TPSA) is 35.5 Å². The van der Waals surface area contributed by atoms with Gasteiger partial charge in [-0.3, -0.25) is 0 Å². The highest BCUT2D eigenvalue weighted by atomic mass is 19.2. The molecule has 0 aliphatic rings. The van der Waals surface area contributed by atoms with E-state index in [1.807, 2.05) is 19.0 Å². The van der Waals surface area contributed by atoms with Crippen molar-refractivity contribution < 1.29 is 13.9 Å². The number of aliphatic hydroxyl groups excluding tert-OH is 1. The van der Waals surface area contributed by atoms with Crippen molar-refractivity contribution in [2.45, 2.75) is 12.6 Å². The van der Waals surface area contributed by atoms with Gasteiger partial charge in [-0.15, -0.1) is 0 Å². The number of hydrogen-bond acceptors (Lipinski definition) is 3. The molecule has 0 saturated carbocycles. The van der Waals surface area contributed by atoms with Crippen LogP contribution in [0, 0.1) is 11.6 Å². The summed E-state index contributed by atoms with van der Waals surface area (Å²) in [4.78, 5) is 1.88. The third-order valence-electron chi connectivity index (χ3n) is 2.27. The van der Waals surface area contributed by atoms with Crippen molar-refractivity contribution in [2.75, 3.05) is 27.2 Å². The summed E-state index contributed by atoms with van der Waals surface area (Å²) < 4.78 is 25.5. The molecule has 0 spiro atoms. The van der Waals surface area contributed by atoms with E-state index in [9.17, 15) is 13.9 Å². The molecule has 2 N–H and O–H groups in total. The summed E-state index contributed by atoms with van der Waals surface area (Å²) in [6.07, 6.45) is -0.477. The van der Waals surface area contributed by atoms with E-state index < -0.39 is 17.7 Å². The van der Waals surface area contributed by atoms with Crippen LogP contribution in [0.25, 0.3) is 0 Å². The summed E-state index contributed by atoms with van der Waals surface area (Å²) in [5.74, 6) is -1.69. The average Bonchev–Trinajstić information content (AvgIpc) is 2.22. The molecule has 1 aromatic carbocycles. The Kier molecular flexibility index (Phi) is 5.47. The minimum Gasteiger partial charge on any atom is -0.390 e. The van der Waals surface area contributed by atoms with Crippen molar-refractivity contribution in [2.24, 2.45) is 0 Å². The van der Waals surface area contributed by atoms with Gasteiger partial charge in [0.05, 0.1) is 6.10 Å². The minimum absolute atomic E-state index is 0.404. The van der Waals surface area contributed by atoms with E-state index in [2.05, 4.69) is 5.32 Å². The van der Waals surface area contributed by atoms with E-state index in [0.717, 1.165) is 12.1 Å². The summed E-state index contributed by atoms with van der Waals surface area (Å²) in [6.45, 7) is 1.38. The molecular weight excluding hydrogens is 226 g/mol. The van der Waals surface area contributed by atoms with Crippen LogP contribution in [0.3, 0.4) is 0 Å². The van der Waals surface area contributed by atoms with Gasteiger partial charge in [-0.25, -0.2) is 8.78 Å². The molecule has 5 heteroatoms. The van der Waals surface area contributed by atoms with Crippen molar-refractivity contribution in [3.8, 4) is 0 Å². The van der Waals surface area contributed by atoms with Gasteiger partial charge in [0.2, 0.25) is 0 Å². The maximum Gasteiger partial charge on any atom is 0.159 e. The molecule has 1 aromatic rings. The lowest BCUT2D eigenvalue weighted by Crippen LogP contribution is -2.34. The molecule has 0 aliphatic carbocycles. The lowest BCUT2D eigenvalue weighted by molar-refractivity contribution is 0.134. The van der Waals surface area contributed by atoms with Gasteiger partial charge >= 0.3 is 0 Å². The Hall–Kier alpha value is -1.04. The normalized spacial score (nSPS) is 13.1. The zero-order chi connectivity index (χ0) is 12.8. The van der Waals surface area contributed by atoms with E-state index >= 15 is 0 Å². The van der Waals surface area contributed by atoms with Crippen molar-refractivity contribution in [3.63, 3.8) is 0 Å². The Morgan fingerprint density at radius 2 is 2.00 bits per heavy atom. The van der Waals surface area contributed by atoms with Crippen LogP contribution in [0.4, 0.5) is 8.78 Å². The summed E-state index contributed by atoms with van der Waals surface area (Å²) in [7, 11) is 3.75. The van der Waals surface area contributed by atoms with Crippen LogP contribution in [0.15, 0.2) is 18.2 Å². The molecule has 1 atom stereocenters. The maximum absolute atomic E-state index is 12.9. The van der Waals surface area contributed by atoms with Crippen molar-refractivity contribution in [1.82, 2.24) is 10.2 Å². The van der Waals surface area contributed by atoms with Gasteiger partial charge in [-0.05, 0) is 31.8 Å². The third-order valence-corrected chi connectivity index (χ3v) is 2.27. The number of rotatable bonds is 6. The van der Waals surface area contributed by atoms with Gasteiger partial charge in [0, 0.05) is 19.6 Å². The molecule has 0 aliphatic heterocycles. The zero-order valence-corrected chi connectivity index (χ0v) is 10.1. The second-order valence-electron chi connectivity index (χ2n) is 4.30. The van der Waals surface area contributed by atoms with Crippen LogP contribution in [0.1, 0.15) is 5.56 Å². The number of benzene rings is 1. The predicted molar refractivity (Wildman–Crippen MR) is 62.6 cm³/mol. The molecule has 96 valence electrons. The highest BCUT2D eigenvalue weighted by molar-refractivity contribution is 5.17. The number of halogens is 2. The number of likely N-dealkylation sites (N-methyl/N-ethyl adjacent to an activating group) is 1. The lowest BCUT2D eigenvalue weighted by Gasteiger charge is -2.16. The van der Waals surface area contributed by atoms with E-state index in [1.165, 1.54) is 6.07 Å². The van der Waals surface area contributed by atoms with E-state index in [0.29, 0.717) is 25.2 Å². The quantitative estimate of drug-likeness (QED) is 0.783. The molecule has 1 rings (SSSR count). The molecule has 3 nitrogen and oxygen atoms in total. The fourth-order valence-corrected chi connectivity index (χ4v) is 1.52. The second-order valence-corrected chi connectivity index (χ2v) is 4.30. The van der Waals surface area contributed by atoms with E-state index in [-0.39, 0.29) is 0 Å². The first-order valence-electron chi connectivity index (χ1n) is 5.46. The highest BCUT2D eigenvalue weighted by Crippen LogP contribution is 2.08. The van der Waals surface area contributed by atoms with Crippen LogP contribution in [-0.4, -0.2) is 43.3 Å². The largest absolute Gasteiger partial charge is 0.390 e. The Balaban J connectivity index is 2.33. The van der Waals surface area contributed by atoms with Crippen molar-refractivity contribution in [3.05, 3.63) is 35.4 Å². The van der Waals surface area contributed by atoms with Crippen LogP contribution in [0.2, 0.25) is 0 Å². The Morgan fingerprint density at radius 3 is 2.59 bits per heavy atom. The molecule has 0 heterocycles. The molecule has 1 unspecified atom stereocenters.